The Morgan fingerprint density at radius 2 is 1.70 bits per heavy atom. The normalized spacial score (nSPS) is 11.7. The second-order valence-corrected chi connectivity index (χ2v) is 6.05. The molecule has 0 heterocycles. The molecule has 0 radical (unpaired) electrons. The first kappa shape index (κ1) is 18.6. The SMILES string of the molecule is COc1ccc(OC(=O)c2cc(F)ccc2F)c(C(C)c2ccccc2)c1. The first-order valence-electron chi connectivity index (χ1n) is 8.39. The van der Waals surface area contributed by atoms with Crippen molar-refractivity contribution in [3.63, 3.8) is 0 Å². The molecule has 0 aliphatic heterocycles. The van der Waals surface area contributed by atoms with E-state index in [-0.39, 0.29) is 11.7 Å². The quantitative estimate of drug-likeness (QED) is 0.450. The summed E-state index contributed by atoms with van der Waals surface area (Å²) in [7, 11) is 1.54. The Morgan fingerprint density at radius 1 is 0.963 bits per heavy atom. The van der Waals surface area contributed by atoms with Crippen LogP contribution in [0.1, 0.15) is 34.3 Å². The molecule has 3 aromatic carbocycles. The minimum absolute atomic E-state index is 0.110. The molecule has 0 fully saturated rings. The summed E-state index contributed by atoms with van der Waals surface area (Å²) < 4.78 is 37.9. The molecule has 0 amide bonds. The zero-order valence-electron chi connectivity index (χ0n) is 14.9. The van der Waals surface area contributed by atoms with Crippen LogP contribution in [0.3, 0.4) is 0 Å². The van der Waals surface area contributed by atoms with Gasteiger partial charge in [-0.1, -0.05) is 37.3 Å². The highest BCUT2D eigenvalue weighted by molar-refractivity contribution is 5.91. The second-order valence-electron chi connectivity index (χ2n) is 6.05. The van der Waals surface area contributed by atoms with Crippen LogP contribution in [0.25, 0.3) is 0 Å². The van der Waals surface area contributed by atoms with Crippen LogP contribution in [0.2, 0.25) is 0 Å². The average Bonchev–Trinajstić information content (AvgIpc) is 2.70. The predicted molar refractivity (Wildman–Crippen MR) is 98.3 cm³/mol. The Labute approximate surface area is 156 Å². The molecule has 0 saturated carbocycles. The van der Waals surface area contributed by atoms with Gasteiger partial charge in [0.1, 0.15) is 23.1 Å². The van der Waals surface area contributed by atoms with Crippen molar-refractivity contribution < 1.29 is 23.0 Å². The smallest absolute Gasteiger partial charge is 0.346 e. The Hall–Kier alpha value is -3.21. The highest BCUT2D eigenvalue weighted by Gasteiger charge is 2.20. The molecule has 1 atom stereocenters. The van der Waals surface area contributed by atoms with Crippen LogP contribution >= 0.6 is 0 Å². The minimum Gasteiger partial charge on any atom is -0.497 e. The summed E-state index contributed by atoms with van der Waals surface area (Å²) >= 11 is 0. The van der Waals surface area contributed by atoms with Crippen molar-refractivity contribution in [2.24, 2.45) is 0 Å². The van der Waals surface area contributed by atoms with Gasteiger partial charge in [-0.15, -0.1) is 0 Å². The number of methoxy groups -OCH3 is 1. The molecular formula is C22H18F2O3. The third-order valence-corrected chi connectivity index (χ3v) is 4.33. The number of hydrogen-bond acceptors (Lipinski definition) is 3. The molecule has 0 aliphatic rings. The van der Waals surface area contributed by atoms with Crippen LogP contribution in [0.15, 0.2) is 66.7 Å². The first-order chi connectivity index (χ1) is 13.0. The topological polar surface area (TPSA) is 35.5 Å². The van der Waals surface area contributed by atoms with E-state index in [2.05, 4.69) is 0 Å². The molecule has 5 heteroatoms. The van der Waals surface area contributed by atoms with Crippen LogP contribution in [0.5, 0.6) is 11.5 Å². The lowest BCUT2D eigenvalue weighted by Crippen LogP contribution is -2.13. The molecule has 3 rings (SSSR count). The van der Waals surface area contributed by atoms with Gasteiger partial charge >= 0.3 is 5.97 Å². The maximum Gasteiger partial charge on any atom is 0.346 e. The van der Waals surface area contributed by atoms with Crippen LogP contribution in [-0.4, -0.2) is 13.1 Å². The highest BCUT2D eigenvalue weighted by atomic mass is 19.1. The molecule has 138 valence electrons. The van der Waals surface area contributed by atoms with E-state index in [9.17, 15) is 13.6 Å². The van der Waals surface area contributed by atoms with Gasteiger partial charge < -0.3 is 9.47 Å². The maximum absolute atomic E-state index is 13.9. The van der Waals surface area contributed by atoms with Gasteiger partial charge in [0.05, 0.1) is 12.7 Å². The number of carbonyl (C=O) groups excluding carboxylic acids is 1. The number of benzene rings is 3. The number of ether oxygens (including phenoxy) is 2. The monoisotopic (exact) mass is 368 g/mol. The van der Waals surface area contributed by atoms with Gasteiger partial charge in [-0.05, 0) is 42.0 Å². The third-order valence-electron chi connectivity index (χ3n) is 4.33. The largest absolute Gasteiger partial charge is 0.497 e. The molecule has 3 aromatic rings. The number of carbonyl (C=O) groups is 1. The summed E-state index contributed by atoms with van der Waals surface area (Å²) in [5.74, 6) is -1.76. The van der Waals surface area contributed by atoms with Crippen molar-refractivity contribution in [1.82, 2.24) is 0 Å². The number of esters is 1. The number of hydrogen-bond donors (Lipinski definition) is 0. The van der Waals surface area contributed by atoms with Gasteiger partial charge in [0, 0.05) is 11.5 Å². The maximum atomic E-state index is 13.9. The average molecular weight is 368 g/mol. The molecule has 27 heavy (non-hydrogen) atoms. The summed E-state index contributed by atoms with van der Waals surface area (Å²) in [6.07, 6.45) is 0. The Bertz CT molecular complexity index is 955. The van der Waals surface area contributed by atoms with Crippen LogP contribution in [-0.2, 0) is 0 Å². The zero-order chi connectivity index (χ0) is 19.4. The van der Waals surface area contributed by atoms with Crippen LogP contribution < -0.4 is 9.47 Å². The summed E-state index contributed by atoms with van der Waals surface area (Å²) in [5, 5.41) is 0. The van der Waals surface area contributed by atoms with Gasteiger partial charge in [-0.3, -0.25) is 0 Å². The summed E-state index contributed by atoms with van der Waals surface area (Å²) in [6, 6.07) is 17.3. The molecule has 1 unspecified atom stereocenters. The van der Waals surface area contributed by atoms with Crippen molar-refractivity contribution in [2.45, 2.75) is 12.8 Å². The second kappa shape index (κ2) is 7.99. The van der Waals surface area contributed by atoms with Gasteiger partial charge in [-0.2, -0.15) is 0 Å². The van der Waals surface area contributed by atoms with E-state index < -0.39 is 23.2 Å². The highest BCUT2D eigenvalue weighted by Crippen LogP contribution is 2.35. The van der Waals surface area contributed by atoms with E-state index >= 15 is 0 Å². The van der Waals surface area contributed by atoms with Gasteiger partial charge in [0.15, 0.2) is 0 Å². The zero-order valence-corrected chi connectivity index (χ0v) is 14.9. The van der Waals surface area contributed by atoms with E-state index in [0.717, 1.165) is 23.8 Å². The van der Waals surface area contributed by atoms with E-state index in [0.29, 0.717) is 11.3 Å². The molecule has 0 aliphatic carbocycles. The van der Waals surface area contributed by atoms with Crippen molar-refractivity contribution >= 4 is 5.97 Å². The van der Waals surface area contributed by atoms with Crippen molar-refractivity contribution in [2.75, 3.05) is 7.11 Å². The lowest BCUT2D eigenvalue weighted by atomic mass is 9.92. The Morgan fingerprint density at radius 3 is 2.41 bits per heavy atom. The fraction of sp³-hybridized carbons (Fsp3) is 0.136. The third kappa shape index (κ3) is 4.14. The standard InChI is InChI=1S/C22H18F2O3/c1-14(15-6-4-3-5-7-15)18-13-17(26-2)9-11-21(18)27-22(25)19-12-16(23)8-10-20(19)24/h3-14H,1-2H3. The van der Waals surface area contributed by atoms with Gasteiger partial charge in [-0.25, -0.2) is 13.6 Å². The lowest BCUT2D eigenvalue weighted by molar-refractivity contribution is 0.0727. The molecule has 0 spiro atoms. The van der Waals surface area contributed by atoms with Crippen molar-refractivity contribution in [3.05, 3.63) is 95.1 Å². The molecule has 0 aromatic heterocycles. The van der Waals surface area contributed by atoms with Gasteiger partial charge in [0.25, 0.3) is 0 Å². The van der Waals surface area contributed by atoms with E-state index in [4.69, 9.17) is 9.47 Å². The molecular weight excluding hydrogens is 350 g/mol. The summed E-state index contributed by atoms with van der Waals surface area (Å²) in [4.78, 5) is 12.4. The fourth-order valence-electron chi connectivity index (χ4n) is 2.81. The summed E-state index contributed by atoms with van der Waals surface area (Å²) in [5.41, 5.74) is 1.26. The molecule has 0 bridgehead atoms. The molecule has 3 nitrogen and oxygen atoms in total. The van der Waals surface area contributed by atoms with E-state index in [1.807, 2.05) is 37.3 Å². The fourth-order valence-corrected chi connectivity index (χ4v) is 2.81. The Kier molecular flexibility index (Phi) is 5.50. The first-order valence-corrected chi connectivity index (χ1v) is 8.39. The molecule has 0 N–H and O–H groups in total. The summed E-state index contributed by atoms with van der Waals surface area (Å²) in [6.45, 7) is 1.96. The molecule has 0 saturated heterocycles. The van der Waals surface area contributed by atoms with Crippen LogP contribution in [0.4, 0.5) is 8.78 Å². The van der Waals surface area contributed by atoms with Crippen molar-refractivity contribution in [3.8, 4) is 11.5 Å². The number of halogens is 2. The lowest BCUT2D eigenvalue weighted by Gasteiger charge is -2.18. The van der Waals surface area contributed by atoms with E-state index in [1.165, 1.54) is 0 Å². The Balaban J connectivity index is 1.98. The van der Waals surface area contributed by atoms with Crippen LogP contribution in [0, 0.1) is 11.6 Å². The van der Waals surface area contributed by atoms with Gasteiger partial charge in [0.2, 0.25) is 0 Å². The number of rotatable bonds is 5. The van der Waals surface area contributed by atoms with E-state index in [1.54, 1.807) is 25.3 Å². The predicted octanol–water partition coefficient (Wildman–Crippen LogP) is 5.34. The van der Waals surface area contributed by atoms with Crippen molar-refractivity contribution in [1.29, 1.82) is 0 Å². The minimum atomic E-state index is -0.960.